The van der Waals surface area contributed by atoms with Gasteiger partial charge in [0.2, 0.25) is 0 Å². The molecule has 112 valence electrons. The van der Waals surface area contributed by atoms with E-state index in [1.54, 1.807) is 0 Å². The molecule has 1 N–H and O–H groups in total. The molecule has 1 saturated heterocycles. The van der Waals surface area contributed by atoms with Crippen LogP contribution in [0.2, 0.25) is 0 Å². The highest BCUT2D eigenvalue weighted by Crippen LogP contribution is 2.23. The number of amides is 1. The first-order valence-corrected chi connectivity index (χ1v) is 7.62. The molecule has 3 nitrogen and oxygen atoms in total. The summed E-state index contributed by atoms with van der Waals surface area (Å²) >= 11 is 0. The van der Waals surface area contributed by atoms with E-state index in [0.717, 1.165) is 24.9 Å². The first-order valence-electron chi connectivity index (χ1n) is 7.62. The standard InChI is InChI=1S/C18H23NO2/c1-14-9-10-19(15(2)12-14)18(21)17-8-5-7-16(13-17)6-3-4-11-20/h5,7-8,13-15,20H,4,9-12H2,1-2H3. The van der Waals surface area contributed by atoms with Crippen LogP contribution in [0.15, 0.2) is 24.3 Å². The molecule has 0 aromatic heterocycles. The molecule has 3 heteroatoms. The van der Waals surface area contributed by atoms with Crippen molar-refractivity contribution in [2.24, 2.45) is 5.92 Å². The highest BCUT2D eigenvalue weighted by atomic mass is 16.2. The van der Waals surface area contributed by atoms with E-state index in [0.29, 0.717) is 23.9 Å². The minimum Gasteiger partial charge on any atom is -0.395 e. The van der Waals surface area contributed by atoms with Crippen LogP contribution in [-0.2, 0) is 0 Å². The number of aliphatic hydroxyl groups excluding tert-OH is 1. The van der Waals surface area contributed by atoms with Crippen molar-refractivity contribution >= 4 is 5.91 Å². The van der Waals surface area contributed by atoms with E-state index < -0.39 is 0 Å². The Bertz CT molecular complexity index is 556. The van der Waals surface area contributed by atoms with Gasteiger partial charge in [-0.15, -0.1) is 0 Å². The van der Waals surface area contributed by atoms with E-state index in [4.69, 9.17) is 5.11 Å². The molecule has 2 rings (SSSR count). The monoisotopic (exact) mass is 285 g/mol. The number of piperidine rings is 1. The summed E-state index contributed by atoms with van der Waals surface area (Å²) in [5.41, 5.74) is 1.53. The van der Waals surface area contributed by atoms with E-state index >= 15 is 0 Å². The van der Waals surface area contributed by atoms with Crippen LogP contribution < -0.4 is 0 Å². The lowest BCUT2D eigenvalue weighted by atomic mass is 9.93. The number of hydrogen-bond donors (Lipinski definition) is 1. The predicted molar refractivity (Wildman–Crippen MR) is 83.9 cm³/mol. The number of rotatable bonds is 2. The van der Waals surface area contributed by atoms with Gasteiger partial charge in [0, 0.05) is 30.1 Å². The Morgan fingerprint density at radius 2 is 2.24 bits per heavy atom. The highest BCUT2D eigenvalue weighted by molar-refractivity contribution is 5.94. The summed E-state index contributed by atoms with van der Waals surface area (Å²) < 4.78 is 0. The summed E-state index contributed by atoms with van der Waals surface area (Å²) in [6.45, 7) is 5.27. The molecule has 1 aliphatic rings. The molecular formula is C18H23NO2. The fourth-order valence-electron chi connectivity index (χ4n) is 2.83. The van der Waals surface area contributed by atoms with Gasteiger partial charge in [-0.2, -0.15) is 0 Å². The fourth-order valence-corrected chi connectivity index (χ4v) is 2.83. The van der Waals surface area contributed by atoms with Gasteiger partial charge in [-0.1, -0.05) is 24.8 Å². The van der Waals surface area contributed by atoms with E-state index in [9.17, 15) is 4.79 Å². The van der Waals surface area contributed by atoms with Gasteiger partial charge in [0.15, 0.2) is 0 Å². The Kier molecular flexibility index (Phi) is 5.41. The van der Waals surface area contributed by atoms with Gasteiger partial charge in [0.1, 0.15) is 0 Å². The lowest BCUT2D eigenvalue weighted by Gasteiger charge is -2.36. The molecule has 1 amide bonds. The van der Waals surface area contributed by atoms with Crippen molar-refractivity contribution in [1.29, 1.82) is 0 Å². The number of likely N-dealkylation sites (tertiary alicyclic amines) is 1. The van der Waals surface area contributed by atoms with Crippen molar-refractivity contribution in [3.8, 4) is 11.8 Å². The highest BCUT2D eigenvalue weighted by Gasteiger charge is 2.27. The Morgan fingerprint density at radius 3 is 2.95 bits per heavy atom. The molecule has 0 spiro atoms. The second kappa shape index (κ2) is 7.28. The summed E-state index contributed by atoms with van der Waals surface area (Å²) in [6.07, 6.45) is 2.60. The first kappa shape index (κ1) is 15.6. The van der Waals surface area contributed by atoms with Crippen molar-refractivity contribution in [2.45, 2.75) is 39.2 Å². The molecular weight excluding hydrogens is 262 g/mol. The van der Waals surface area contributed by atoms with Crippen LogP contribution in [0.5, 0.6) is 0 Å². The van der Waals surface area contributed by atoms with Crippen LogP contribution >= 0.6 is 0 Å². The van der Waals surface area contributed by atoms with Gasteiger partial charge in [0.05, 0.1) is 6.61 Å². The summed E-state index contributed by atoms with van der Waals surface area (Å²) in [6, 6.07) is 7.75. The summed E-state index contributed by atoms with van der Waals surface area (Å²) in [4.78, 5) is 14.6. The minimum atomic E-state index is 0.0646. The average Bonchev–Trinajstić information content (AvgIpc) is 2.47. The molecule has 0 bridgehead atoms. The van der Waals surface area contributed by atoms with Crippen LogP contribution in [0.3, 0.4) is 0 Å². The van der Waals surface area contributed by atoms with E-state index in [1.165, 1.54) is 0 Å². The third-order valence-corrected chi connectivity index (χ3v) is 3.98. The Labute approximate surface area is 127 Å². The predicted octanol–water partition coefficient (Wildman–Crippen LogP) is 2.68. The van der Waals surface area contributed by atoms with Gasteiger partial charge in [-0.25, -0.2) is 0 Å². The van der Waals surface area contributed by atoms with Crippen molar-refractivity contribution in [3.05, 3.63) is 35.4 Å². The topological polar surface area (TPSA) is 40.5 Å². The van der Waals surface area contributed by atoms with Crippen LogP contribution in [-0.4, -0.2) is 35.1 Å². The van der Waals surface area contributed by atoms with Gasteiger partial charge < -0.3 is 10.0 Å². The number of benzene rings is 1. The molecule has 0 aliphatic carbocycles. The van der Waals surface area contributed by atoms with Gasteiger partial charge in [-0.3, -0.25) is 4.79 Å². The number of carbonyl (C=O) groups is 1. The SMILES string of the molecule is CC1CCN(C(=O)c2cccc(C#CCCO)c2)C(C)C1. The molecule has 1 aromatic carbocycles. The minimum absolute atomic E-state index is 0.0646. The number of aliphatic hydroxyl groups is 1. The second-order valence-electron chi connectivity index (χ2n) is 5.83. The molecule has 0 radical (unpaired) electrons. The van der Waals surface area contributed by atoms with Crippen LogP contribution in [0.4, 0.5) is 0 Å². The van der Waals surface area contributed by atoms with E-state index in [1.807, 2.05) is 29.2 Å². The zero-order valence-corrected chi connectivity index (χ0v) is 12.8. The molecule has 2 unspecified atom stereocenters. The molecule has 1 aliphatic heterocycles. The Balaban J connectivity index is 2.13. The number of carbonyl (C=O) groups excluding carboxylic acids is 1. The largest absolute Gasteiger partial charge is 0.395 e. The quantitative estimate of drug-likeness (QED) is 0.849. The molecule has 0 saturated carbocycles. The molecule has 2 atom stereocenters. The molecule has 21 heavy (non-hydrogen) atoms. The zero-order valence-electron chi connectivity index (χ0n) is 12.8. The van der Waals surface area contributed by atoms with Crippen LogP contribution in [0.1, 0.15) is 49.0 Å². The first-order chi connectivity index (χ1) is 10.1. The fraction of sp³-hybridized carbons (Fsp3) is 0.500. The molecule has 1 fully saturated rings. The maximum atomic E-state index is 12.6. The Morgan fingerprint density at radius 1 is 1.43 bits per heavy atom. The Hall–Kier alpha value is -1.79. The third-order valence-electron chi connectivity index (χ3n) is 3.98. The summed E-state index contributed by atoms with van der Waals surface area (Å²) in [7, 11) is 0. The van der Waals surface area contributed by atoms with Crippen molar-refractivity contribution in [3.63, 3.8) is 0 Å². The van der Waals surface area contributed by atoms with Gasteiger partial charge >= 0.3 is 0 Å². The van der Waals surface area contributed by atoms with Crippen LogP contribution in [0, 0.1) is 17.8 Å². The second-order valence-corrected chi connectivity index (χ2v) is 5.83. The van der Waals surface area contributed by atoms with Crippen LogP contribution in [0.25, 0.3) is 0 Å². The third kappa shape index (κ3) is 4.09. The number of nitrogens with zero attached hydrogens (tertiary/aromatic N) is 1. The lowest BCUT2D eigenvalue weighted by molar-refractivity contribution is 0.0588. The maximum Gasteiger partial charge on any atom is 0.254 e. The average molecular weight is 285 g/mol. The number of hydrogen-bond acceptors (Lipinski definition) is 2. The zero-order chi connectivity index (χ0) is 15.2. The van der Waals surface area contributed by atoms with Gasteiger partial charge in [-0.05, 0) is 43.9 Å². The van der Waals surface area contributed by atoms with E-state index in [2.05, 4.69) is 25.7 Å². The van der Waals surface area contributed by atoms with Crippen molar-refractivity contribution < 1.29 is 9.90 Å². The van der Waals surface area contributed by atoms with Gasteiger partial charge in [0.25, 0.3) is 5.91 Å². The molecule has 1 aromatic rings. The van der Waals surface area contributed by atoms with Crippen molar-refractivity contribution in [1.82, 2.24) is 4.90 Å². The lowest BCUT2D eigenvalue weighted by Crippen LogP contribution is -2.44. The summed E-state index contributed by atoms with van der Waals surface area (Å²) in [5.74, 6) is 6.66. The van der Waals surface area contributed by atoms with E-state index in [-0.39, 0.29) is 12.5 Å². The van der Waals surface area contributed by atoms with Crippen molar-refractivity contribution in [2.75, 3.05) is 13.2 Å². The summed E-state index contributed by atoms with van der Waals surface area (Å²) in [5, 5.41) is 8.74. The normalized spacial score (nSPS) is 21.6. The molecule has 1 heterocycles. The smallest absolute Gasteiger partial charge is 0.254 e. The maximum absolute atomic E-state index is 12.6.